The number of carbonyl (C=O) groups excluding carboxylic acids is 4. The number of carbonyl (C=O) groups is 4. The molecule has 2 fully saturated rings. The van der Waals surface area contributed by atoms with Gasteiger partial charge in [0.25, 0.3) is 5.91 Å². The van der Waals surface area contributed by atoms with Crippen molar-refractivity contribution in [3.05, 3.63) is 34.9 Å². The number of nitrogens with one attached hydrogen (secondary N) is 3. The van der Waals surface area contributed by atoms with Gasteiger partial charge in [-0.3, -0.25) is 19.7 Å². The van der Waals surface area contributed by atoms with E-state index in [1.54, 1.807) is 11.0 Å². The Kier molecular flexibility index (Phi) is 6.51. The maximum Gasteiger partial charge on any atom is 0.322 e. The molecule has 5 amide bonds. The average Bonchev–Trinajstić information content (AvgIpc) is 3.02. The summed E-state index contributed by atoms with van der Waals surface area (Å²) in [6.07, 6.45) is 1.65. The van der Waals surface area contributed by atoms with E-state index < -0.39 is 18.0 Å². The topological polar surface area (TPSA) is 108 Å². The van der Waals surface area contributed by atoms with Crippen molar-refractivity contribution >= 4 is 35.4 Å². The first kappa shape index (κ1) is 20.1. The van der Waals surface area contributed by atoms with Gasteiger partial charge in [0.1, 0.15) is 6.04 Å². The summed E-state index contributed by atoms with van der Waals surface area (Å²) < 4.78 is 0. The molecule has 0 saturated carbocycles. The van der Waals surface area contributed by atoms with Crippen molar-refractivity contribution in [1.82, 2.24) is 20.9 Å². The smallest absolute Gasteiger partial charge is 0.322 e. The Hall–Kier alpha value is -2.61. The first-order valence-electron chi connectivity index (χ1n) is 9.34. The van der Waals surface area contributed by atoms with Gasteiger partial charge in [-0.1, -0.05) is 29.8 Å². The third-order valence-corrected chi connectivity index (χ3v) is 5.50. The van der Waals surface area contributed by atoms with Gasteiger partial charge in [-0.05, 0) is 30.9 Å². The Morgan fingerprint density at radius 3 is 2.54 bits per heavy atom. The summed E-state index contributed by atoms with van der Waals surface area (Å²) in [5.74, 6) is -0.626. The zero-order valence-electron chi connectivity index (χ0n) is 15.4. The van der Waals surface area contributed by atoms with Gasteiger partial charge in [0.05, 0.1) is 0 Å². The minimum atomic E-state index is -0.649. The van der Waals surface area contributed by atoms with Crippen LogP contribution in [0, 0.1) is 5.92 Å². The van der Waals surface area contributed by atoms with Crippen LogP contribution < -0.4 is 16.0 Å². The van der Waals surface area contributed by atoms with Crippen molar-refractivity contribution in [1.29, 1.82) is 0 Å². The molecule has 150 valence electrons. The number of likely N-dealkylation sites (tertiary alicyclic amines) is 1. The standard InChI is InChI=1S/C19H23ClN4O4/c20-14-4-2-1-3-13(14)11-21-17(26)12-7-9-24(10-8-12)16(25)6-5-15-18(27)23-19(28)22-15/h1-4,12,15H,5-11H2,(H,21,26)(H2,22,23,27,28)/t15-/m0/s1. The summed E-state index contributed by atoms with van der Waals surface area (Å²) in [7, 11) is 0. The molecule has 9 heteroatoms. The van der Waals surface area contributed by atoms with Crippen LogP contribution in [0.25, 0.3) is 0 Å². The fourth-order valence-corrected chi connectivity index (χ4v) is 3.65. The zero-order valence-corrected chi connectivity index (χ0v) is 16.1. The van der Waals surface area contributed by atoms with Crippen molar-refractivity contribution in [2.75, 3.05) is 13.1 Å². The number of hydrogen-bond donors (Lipinski definition) is 3. The van der Waals surface area contributed by atoms with Crippen LogP contribution in [0.5, 0.6) is 0 Å². The summed E-state index contributed by atoms with van der Waals surface area (Å²) in [4.78, 5) is 49.0. The Labute approximate surface area is 168 Å². The first-order valence-corrected chi connectivity index (χ1v) is 9.72. The SMILES string of the molecule is O=C1NC(=O)[C@H](CCC(=O)N2CCC(C(=O)NCc3ccccc3Cl)CC2)N1. The minimum absolute atomic E-state index is 0.0302. The van der Waals surface area contributed by atoms with Crippen molar-refractivity contribution in [2.45, 2.75) is 38.3 Å². The van der Waals surface area contributed by atoms with E-state index in [2.05, 4.69) is 16.0 Å². The van der Waals surface area contributed by atoms with E-state index in [1.807, 2.05) is 18.2 Å². The summed E-state index contributed by atoms with van der Waals surface area (Å²) in [6, 6.07) is 6.20. The predicted octanol–water partition coefficient (Wildman–Crippen LogP) is 1.18. The molecule has 1 aromatic rings. The third-order valence-electron chi connectivity index (χ3n) is 5.13. The van der Waals surface area contributed by atoms with Crippen LogP contribution in [-0.2, 0) is 20.9 Å². The fourth-order valence-electron chi connectivity index (χ4n) is 3.45. The van der Waals surface area contributed by atoms with Gasteiger partial charge >= 0.3 is 6.03 Å². The minimum Gasteiger partial charge on any atom is -0.352 e. The van der Waals surface area contributed by atoms with Crippen molar-refractivity contribution in [2.24, 2.45) is 5.92 Å². The van der Waals surface area contributed by atoms with Gasteiger partial charge in [-0.2, -0.15) is 0 Å². The van der Waals surface area contributed by atoms with Crippen LogP contribution in [-0.4, -0.2) is 47.8 Å². The molecule has 2 aliphatic heterocycles. The lowest BCUT2D eigenvalue weighted by atomic mass is 9.95. The Bertz CT molecular complexity index is 777. The number of urea groups is 1. The van der Waals surface area contributed by atoms with Crippen LogP contribution in [0.2, 0.25) is 5.02 Å². The van der Waals surface area contributed by atoms with Crippen LogP contribution in [0.3, 0.4) is 0 Å². The van der Waals surface area contributed by atoms with Crippen molar-refractivity contribution in [3.8, 4) is 0 Å². The largest absolute Gasteiger partial charge is 0.352 e. The van der Waals surface area contributed by atoms with Crippen LogP contribution in [0.15, 0.2) is 24.3 Å². The summed E-state index contributed by atoms with van der Waals surface area (Å²) in [5, 5.41) is 8.17. The molecule has 0 bridgehead atoms. The molecule has 0 spiro atoms. The van der Waals surface area contributed by atoms with Gasteiger partial charge in [0, 0.05) is 37.0 Å². The van der Waals surface area contributed by atoms with Gasteiger partial charge < -0.3 is 15.5 Å². The molecule has 28 heavy (non-hydrogen) atoms. The van der Waals surface area contributed by atoms with E-state index in [9.17, 15) is 19.2 Å². The molecule has 2 aliphatic rings. The molecule has 2 saturated heterocycles. The number of nitrogens with zero attached hydrogens (tertiary/aromatic N) is 1. The van der Waals surface area contributed by atoms with E-state index in [0.29, 0.717) is 37.5 Å². The van der Waals surface area contributed by atoms with Crippen LogP contribution in [0.1, 0.15) is 31.2 Å². The molecule has 1 atom stereocenters. The van der Waals surface area contributed by atoms with Crippen molar-refractivity contribution in [3.63, 3.8) is 0 Å². The van der Waals surface area contributed by atoms with Gasteiger partial charge in [-0.25, -0.2) is 4.79 Å². The van der Waals surface area contributed by atoms with Gasteiger partial charge in [0.15, 0.2) is 0 Å². The second kappa shape index (κ2) is 9.05. The quantitative estimate of drug-likeness (QED) is 0.616. The molecule has 3 N–H and O–H groups in total. The van der Waals surface area contributed by atoms with E-state index in [4.69, 9.17) is 11.6 Å². The van der Waals surface area contributed by atoms with E-state index in [0.717, 1.165) is 5.56 Å². The van der Waals surface area contributed by atoms with E-state index >= 15 is 0 Å². The third kappa shape index (κ3) is 5.01. The maximum absolute atomic E-state index is 12.4. The number of rotatable bonds is 6. The number of imide groups is 1. The second-order valence-electron chi connectivity index (χ2n) is 7.02. The molecule has 0 unspecified atom stereocenters. The highest BCUT2D eigenvalue weighted by Crippen LogP contribution is 2.20. The average molecular weight is 407 g/mol. The Morgan fingerprint density at radius 2 is 1.89 bits per heavy atom. The molecule has 0 aliphatic carbocycles. The van der Waals surface area contributed by atoms with Crippen LogP contribution in [0.4, 0.5) is 4.79 Å². The predicted molar refractivity (Wildman–Crippen MR) is 102 cm³/mol. The highest BCUT2D eigenvalue weighted by atomic mass is 35.5. The number of hydrogen-bond acceptors (Lipinski definition) is 4. The molecular weight excluding hydrogens is 384 g/mol. The van der Waals surface area contributed by atoms with Crippen LogP contribution >= 0.6 is 11.6 Å². The maximum atomic E-state index is 12.4. The number of piperidine rings is 1. The summed E-state index contributed by atoms with van der Waals surface area (Å²) >= 11 is 6.10. The molecule has 3 rings (SSSR count). The van der Waals surface area contributed by atoms with E-state index in [-0.39, 0.29) is 30.6 Å². The lowest BCUT2D eigenvalue weighted by Gasteiger charge is -2.31. The van der Waals surface area contributed by atoms with Crippen molar-refractivity contribution < 1.29 is 19.2 Å². The number of amides is 5. The second-order valence-corrected chi connectivity index (χ2v) is 7.43. The molecular formula is C19H23ClN4O4. The zero-order chi connectivity index (χ0) is 20.1. The Morgan fingerprint density at radius 1 is 1.18 bits per heavy atom. The van der Waals surface area contributed by atoms with Gasteiger partial charge in [-0.15, -0.1) is 0 Å². The number of halogens is 1. The molecule has 2 heterocycles. The summed E-state index contributed by atoms with van der Waals surface area (Å²) in [6.45, 7) is 1.39. The lowest BCUT2D eigenvalue weighted by molar-refractivity contribution is -0.136. The highest BCUT2D eigenvalue weighted by molar-refractivity contribution is 6.31. The molecule has 8 nitrogen and oxygen atoms in total. The van der Waals surface area contributed by atoms with Gasteiger partial charge in [0.2, 0.25) is 11.8 Å². The monoisotopic (exact) mass is 406 g/mol. The molecule has 0 aromatic heterocycles. The summed E-state index contributed by atoms with van der Waals surface area (Å²) in [5.41, 5.74) is 0.869. The first-order chi connectivity index (χ1) is 13.4. The lowest BCUT2D eigenvalue weighted by Crippen LogP contribution is -2.43. The number of benzene rings is 1. The normalized spacial score (nSPS) is 19.9. The van der Waals surface area contributed by atoms with E-state index in [1.165, 1.54) is 0 Å². The molecule has 1 aromatic carbocycles. The molecule has 0 radical (unpaired) electrons. The highest BCUT2D eigenvalue weighted by Gasteiger charge is 2.31. The fraction of sp³-hybridized carbons (Fsp3) is 0.474. The Balaban J connectivity index is 1.39.